The van der Waals surface area contributed by atoms with Crippen molar-refractivity contribution in [1.82, 2.24) is 13.3 Å². The first kappa shape index (κ1) is 23.6. The van der Waals surface area contributed by atoms with Crippen molar-refractivity contribution in [2.45, 2.75) is 37.9 Å². The Hall–Kier alpha value is -2.60. The van der Waals surface area contributed by atoms with Gasteiger partial charge in [-0.1, -0.05) is 35.9 Å². The number of amides is 4. The molecule has 1 unspecified atom stereocenters. The lowest BCUT2D eigenvalue weighted by atomic mass is 10.0. The zero-order chi connectivity index (χ0) is 23.9. The first-order valence-corrected chi connectivity index (χ1v) is 11.3. The molecule has 0 aliphatic carbocycles. The van der Waals surface area contributed by atoms with Gasteiger partial charge in [-0.15, -0.1) is 0 Å². The fraction of sp³-hybridized carbons (Fsp3) is 0.273. The molecule has 0 aromatic heterocycles. The summed E-state index contributed by atoms with van der Waals surface area (Å²) < 4.78 is 29.9. The molecule has 11 heteroatoms. The smallest absolute Gasteiger partial charge is 0.346 e. The summed E-state index contributed by atoms with van der Waals surface area (Å²) in [6.07, 6.45) is 0.415. The van der Waals surface area contributed by atoms with Gasteiger partial charge in [0.05, 0.1) is 22.9 Å². The number of nitrogens with one attached hydrogen (secondary N) is 1. The Morgan fingerprint density at radius 1 is 1.15 bits per heavy atom. The molecule has 172 valence electrons. The Morgan fingerprint density at radius 3 is 2.55 bits per heavy atom. The molecule has 0 bridgehead atoms. The van der Waals surface area contributed by atoms with E-state index in [2.05, 4.69) is 5.32 Å². The fourth-order valence-corrected chi connectivity index (χ4v) is 4.56. The summed E-state index contributed by atoms with van der Waals surface area (Å²) in [4.78, 5) is 50.5. The molecule has 1 saturated heterocycles. The molecule has 2 aliphatic heterocycles. The minimum absolute atomic E-state index is 0.159. The maximum Gasteiger partial charge on any atom is 0.349 e. The predicted molar refractivity (Wildman–Crippen MR) is 122 cm³/mol. The van der Waals surface area contributed by atoms with E-state index in [1.807, 2.05) is 0 Å². The average molecular weight is 588 g/mol. The van der Waals surface area contributed by atoms with Crippen LogP contribution in [0.15, 0.2) is 42.5 Å². The van der Waals surface area contributed by atoms with Crippen LogP contribution in [-0.4, -0.2) is 37.7 Å². The number of alkyl halides is 2. The molecule has 2 aromatic carbocycles. The second kappa shape index (κ2) is 8.98. The van der Waals surface area contributed by atoms with E-state index in [0.29, 0.717) is 16.7 Å². The summed E-state index contributed by atoms with van der Waals surface area (Å²) in [7, 11) is 0. The van der Waals surface area contributed by atoms with Crippen molar-refractivity contribution in [3.05, 3.63) is 69.7 Å². The van der Waals surface area contributed by atoms with Crippen LogP contribution in [0.1, 0.15) is 39.9 Å². The highest BCUT2D eigenvalue weighted by atomic mass is 127. The van der Waals surface area contributed by atoms with Crippen molar-refractivity contribution in [2.24, 2.45) is 0 Å². The number of halogens is 4. The number of carbonyl (C=O) groups is 4. The number of imide groups is 1. The van der Waals surface area contributed by atoms with Crippen LogP contribution in [0.4, 0.5) is 8.78 Å². The van der Waals surface area contributed by atoms with Crippen molar-refractivity contribution >= 4 is 58.1 Å². The summed E-state index contributed by atoms with van der Waals surface area (Å²) in [6, 6.07) is 8.78. The minimum Gasteiger partial charge on any atom is -0.346 e. The summed E-state index contributed by atoms with van der Waals surface area (Å²) in [6.45, 7) is -0.00611. The van der Waals surface area contributed by atoms with Gasteiger partial charge in [0, 0.05) is 35.7 Å². The summed E-state index contributed by atoms with van der Waals surface area (Å²) in [5.41, 5.74) is 1.09. The number of benzene rings is 2. The van der Waals surface area contributed by atoms with Crippen LogP contribution in [0.3, 0.4) is 0 Å². The van der Waals surface area contributed by atoms with Crippen molar-refractivity contribution in [3.63, 3.8) is 0 Å². The Morgan fingerprint density at radius 2 is 1.85 bits per heavy atom. The fourth-order valence-electron chi connectivity index (χ4n) is 3.87. The maximum atomic E-state index is 14.4. The molecule has 2 heterocycles. The van der Waals surface area contributed by atoms with E-state index in [4.69, 9.17) is 11.6 Å². The number of hydrogen-bond acceptors (Lipinski definition) is 4. The normalized spacial score (nSPS) is 18.5. The Kier molecular flexibility index (Phi) is 6.41. The van der Waals surface area contributed by atoms with Crippen LogP contribution < -0.4 is 5.32 Å². The van der Waals surface area contributed by atoms with Gasteiger partial charge < -0.3 is 10.2 Å². The Labute approximate surface area is 206 Å². The molecule has 7 nitrogen and oxygen atoms in total. The van der Waals surface area contributed by atoms with E-state index < -0.39 is 29.3 Å². The van der Waals surface area contributed by atoms with Gasteiger partial charge in [-0.3, -0.25) is 19.2 Å². The van der Waals surface area contributed by atoms with Gasteiger partial charge >= 0.3 is 5.92 Å². The van der Waals surface area contributed by atoms with Crippen molar-refractivity contribution < 1.29 is 28.0 Å². The van der Waals surface area contributed by atoms with Crippen LogP contribution >= 0.6 is 34.5 Å². The average Bonchev–Trinajstić information content (AvgIpc) is 3.11. The largest absolute Gasteiger partial charge is 0.349 e. The molecule has 0 spiro atoms. The Balaban J connectivity index is 1.44. The van der Waals surface area contributed by atoms with Crippen molar-refractivity contribution in [3.8, 4) is 0 Å². The van der Waals surface area contributed by atoms with Crippen LogP contribution in [0, 0.1) is 0 Å². The highest BCUT2D eigenvalue weighted by Crippen LogP contribution is 2.31. The third-order valence-electron chi connectivity index (χ3n) is 5.65. The number of hydrogen-bond donors (Lipinski definition) is 1. The second-order valence-electron chi connectivity index (χ2n) is 7.76. The second-order valence-corrected chi connectivity index (χ2v) is 9.16. The molecule has 1 atom stereocenters. The van der Waals surface area contributed by atoms with Crippen molar-refractivity contribution in [2.75, 3.05) is 0 Å². The third kappa shape index (κ3) is 4.45. The third-order valence-corrected chi connectivity index (χ3v) is 6.92. The molecule has 1 N–H and O–H groups in total. The quantitative estimate of drug-likeness (QED) is 0.329. The molecule has 4 rings (SSSR count). The highest BCUT2D eigenvalue weighted by molar-refractivity contribution is 14.1. The first-order chi connectivity index (χ1) is 15.6. The topological polar surface area (TPSA) is 86.8 Å². The molecule has 33 heavy (non-hydrogen) atoms. The molecule has 2 aliphatic rings. The van der Waals surface area contributed by atoms with Crippen LogP contribution in [0.2, 0.25) is 5.02 Å². The van der Waals surface area contributed by atoms with Gasteiger partial charge in [0.25, 0.3) is 17.7 Å². The van der Waals surface area contributed by atoms with E-state index in [0.717, 1.165) is 15.2 Å². The monoisotopic (exact) mass is 587 g/mol. The molecule has 4 amide bonds. The molecule has 0 saturated carbocycles. The molecule has 1 fully saturated rings. The van der Waals surface area contributed by atoms with E-state index in [-0.39, 0.29) is 42.8 Å². The van der Waals surface area contributed by atoms with E-state index in [1.165, 1.54) is 17.0 Å². The molecule has 2 aromatic rings. The SMILES string of the molecule is O=C1CCC(N2Cc3cc(CNC(=O)C(F)(F)c4ccc(Cl)cc4)ccc3C2=O)C(=O)N1I. The summed E-state index contributed by atoms with van der Waals surface area (Å²) >= 11 is 7.35. The lowest BCUT2D eigenvalue weighted by Gasteiger charge is -2.32. The lowest BCUT2D eigenvalue weighted by molar-refractivity contribution is -0.147. The highest BCUT2D eigenvalue weighted by Gasteiger charge is 2.43. The summed E-state index contributed by atoms with van der Waals surface area (Å²) in [5, 5.41) is 2.51. The van der Waals surface area contributed by atoms with E-state index >= 15 is 0 Å². The lowest BCUT2D eigenvalue weighted by Crippen LogP contribution is -2.51. The van der Waals surface area contributed by atoms with Gasteiger partial charge in [0.1, 0.15) is 6.04 Å². The number of rotatable bonds is 5. The zero-order valence-electron chi connectivity index (χ0n) is 17.0. The van der Waals surface area contributed by atoms with Gasteiger partial charge in [-0.05, 0) is 35.7 Å². The summed E-state index contributed by atoms with van der Waals surface area (Å²) in [5.74, 6) is -6.26. The van der Waals surface area contributed by atoms with Crippen LogP contribution in [0.5, 0.6) is 0 Å². The number of piperidine rings is 1. The maximum absolute atomic E-state index is 14.4. The molecular formula is C22H17ClF2IN3O4. The van der Waals surface area contributed by atoms with Gasteiger partial charge in [-0.25, -0.2) is 3.11 Å². The predicted octanol–water partition coefficient (Wildman–Crippen LogP) is 3.57. The van der Waals surface area contributed by atoms with Crippen molar-refractivity contribution in [1.29, 1.82) is 0 Å². The number of nitrogens with zero attached hydrogens (tertiary/aromatic N) is 2. The standard InChI is InChI=1S/C22H17ClF2IN3O4/c23-15-4-2-14(3-5-15)22(24,25)21(33)27-10-12-1-6-16-13(9-12)11-28(19(16)31)17-7-8-18(30)29(26)20(17)32/h1-6,9,17H,7-8,10-11H2,(H,27,33). The van der Waals surface area contributed by atoms with Gasteiger partial charge in [0.2, 0.25) is 5.91 Å². The zero-order valence-corrected chi connectivity index (χ0v) is 19.9. The Bertz CT molecular complexity index is 1160. The van der Waals surface area contributed by atoms with Crippen LogP contribution in [0.25, 0.3) is 0 Å². The van der Waals surface area contributed by atoms with Gasteiger partial charge in [-0.2, -0.15) is 8.78 Å². The number of carbonyl (C=O) groups excluding carboxylic acids is 4. The van der Waals surface area contributed by atoms with E-state index in [9.17, 15) is 28.0 Å². The van der Waals surface area contributed by atoms with E-state index in [1.54, 1.807) is 41.1 Å². The first-order valence-electron chi connectivity index (χ1n) is 9.97. The van der Waals surface area contributed by atoms with Crippen LogP contribution in [-0.2, 0) is 33.4 Å². The number of fused-ring (bicyclic) bond motifs is 1. The minimum atomic E-state index is -3.74. The van der Waals surface area contributed by atoms with Gasteiger partial charge in [0.15, 0.2) is 0 Å². The molecule has 0 radical (unpaired) electrons. The molecular weight excluding hydrogens is 571 g/mol.